The first-order valence-electron chi connectivity index (χ1n) is 4.28. The Kier molecular flexibility index (Phi) is 1.60. The number of ether oxygens (including phenoxy) is 1. The summed E-state index contributed by atoms with van der Waals surface area (Å²) in [5.41, 5.74) is 0. The zero-order chi connectivity index (χ0) is 8.72. The predicted molar refractivity (Wildman–Crippen MR) is 44.7 cm³/mol. The third-order valence-electron chi connectivity index (χ3n) is 2.72. The Hall–Kier alpha value is -0.990. The van der Waals surface area contributed by atoms with Crippen LogP contribution in [0.5, 0.6) is 0 Å². The third kappa shape index (κ3) is 0.924. The standard InChI is InChI=1S/C9H13NO2/c1-6-4-3-5-7-8(6)10(7)9(11)12-2/h3-4,6-8H,5H2,1-2H3/t6-,7-,8+,10?/m0/s1. The fourth-order valence-electron chi connectivity index (χ4n) is 2.07. The first-order chi connectivity index (χ1) is 5.75. The average Bonchev–Trinajstić information content (AvgIpc) is 2.79. The van der Waals surface area contributed by atoms with Crippen molar-refractivity contribution in [3.63, 3.8) is 0 Å². The number of hydrogen-bond donors (Lipinski definition) is 0. The van der Waals surface area contributed by atoms with Crippen LogP contribution in [0.1, 0.15) is 13.3 Å². The van der Waals surface area contributed by atoms with E-state index in [0.717, 1.165) is 6.42 Å². The van der Waals surface area contributed by atoms with Crippen LogP contribution in [0.4, 0.5) is 4.79 Å². The zero-order valence-corrected chi connectivity index (χ0v) is 7.36. The van der Waals surface area contributed by atoms with Crippen LogP contribution in [-0.2, 0) is 4.74 Å². The van der Waals surface area contributed by atoms with E-state index in [-0.39, 0.29) is 6.09 Å². The van der Waals surface area contributed by atoms with Crippen molar-refractivity contribution in [2.24, 2.45) is 5.92 Å². The lowest BCUT2D eigenvalue weighted by molar-refractivity contribution is 0.149. The molecule has 2 aliphatic rings. The van der Waals surface area contributed by atoms with Crippen molar-refractivity contribution in [1.82, 2.24) is 4.90 Å². The Morgan fingerprint density at radius 3 is 3.00 bits per heavy atom. The smallest absolute Gasteiger partial charge is 0.410 e. The predicted octanol–water partition coefficient (Wildman–Crippen LogP) is 1.40. The quantitative estimate of drug-likeness (QED) is 0.403. The number of hydrogen-bond acceptors (Lipinski definition) is 2. The Balaban J connectivity index is 2.05. The Labute approximate surface area is 72.0 Å². The van der Waals surface area contributed by atoms with Gasteiger partial charge >= 0.3 is 6.09 Å². The molecule has 1 heterocycles. The maximum absolute atomic E-state index is 11.2. The molecule has 3 atom stereocenters. The van der Waals surface area contributed by atoms with Crippen molar-refractivity contribution in [2.75, 3.05) is 7.11 Å². The molecule has 1 aliphatic heterocycles. The summed E-state index contributed by atoms with van der Waals surface area (Å²) in [6, 6.07) is 0.819. The molecule has 1 amide bonds. The van der Waals surface area contributed by atoms with E-state index in [1.54, 1.807) is 0 Å². The lowest BCUT2D eigenvalue weighted by Crippen LogP contribution is -2.16. The van der Waals surface area contributed by atoms with E-state index in [1.165, 1.54) is 7.11 Å². The minimum absolute atomic E-state index is 0.180. The monoisotopic (exact) mass is 167 g/mol. The maximum atomic E-state index is 11.2. The molecule has 0 aromatic rings. The average molecular weight is 167 g/mol. The van der Waals surface area contributed by atoms with Crippen LogP contribution >= 0.6 is 0 Å². The van der Waals surface area contributed by atoms with Gasteiger partial charge in [-0.1, -0.05) is 19.1 Å². The van der Waals surface area contributed by atoms with Crippen molar-refractivity contribution in [3.05, 3.63) is 12.2 Å². The lowest BCUT2D eigenvalue weighted by atomic mass is 9.98. The summed E-state index contributed by atoms with van der Waals surface area (Å²) >= 11 is 0. The fourth-order valence-corrected chi connectivity index (χ4v) is 2.07. The molecule has 0 unspecified atom stereocenters. The van der Waals surface area contributed by atoms with Crippen molar-refractivity contribution >= 4 is 6.09 Å². The number of carbonyl (C=O) groups is 1. The summed E-state index contributed by atoms with van der Waals surface area (Å²) < 4.78 is 4.67. The van der Waals surface area contributed by atoms with E-state index in [2.05, 4.69) is 23.8 Å². The van der Waals surface area contributed by atoms with Gasteiger partial charge in [0.15, 0.2) is 0 Å². The van der Waals surface area contributed by atoms with Gasteiger partial charge in [0.2, 0.25) is 0 Å². The van der Waals surface area contributed by atoms with Gasteiger partial charge in [-0.25, -0.2) is 4.79 Å². The van der Waals surface area contributed by atoms with Crippen LogP contribution in [0.25, 0.3) is 0 Å². The first-order valence-corrected chi connectivity index (χ1v) is 4.28. The van der Waals surface area contributed by atoms with Crippen LogP contribution < -0.4 is 0 Å². The Morgan fingerprint density at radius 2 is 2.42 bits per heavy atom. The Bertz CT molecular complexity index is 237. The van der Waals surface area contributed by atoms with E-state index >= 15 is 0 Å². The summed E-state index contributed by atoms with van der Waals surface area (Å²) in [4.78, 5) is 13.0. The molecule has 2 rings (SSSR count). The van der Waals surface area contributed by atoms with Gasteiger partial charge < -0.3 is 4.74 Å². The number of amides is 1. The number of fused-ring (bicyclic) bond motifs is 1. The van der Waals surface area contributed by atoms with Crippen LogP contribution in [0.3, 0.4) is 0 Å². The van der Waals surface area contributed by atoms with Crippen LogP contribution in [-0.4, -0.2) is 30.2 Å². The largest absolute Gasteiger partial charge is 0.453 e. The van der Waals surface area contributed by atoms with E-state index < -0.39 is 0 Å². The molecule has 0 N–H and O–H groups in total. The molecule has 1 fully saturated rings. The van der Waals surface area contributed by atoms with E-state index in [4.69, 9.17) is 0 Å². The topological polar surface area (TPSA) is 29.3 Å². The highest BCUT2D eigenvalue weighted by Crippen LogP contribution is 2.40. The fraction of sp³-hybridized carbons (Fsp3) is 0.667. The highest BCUT2D eigenvalue weighted by Gasteiger charge is 2.54. The van der Waals surface area contributed by atoms with Crippen LogP contribution in [0.15, 0.2) is 12.2 Å². The van der Waals surface area contributed by atoms with Gasteiger partial charge in [-0.05, 0) is 12.3 Å². The molecule has 3 heteroatoms. The second-order valence-electron chi connectivity index (χ2n) is 3.46. The number of rotatable bonds is 0. The van der Waals surface area contributed by atoms with Crippen molar-refractivity contribution < 1.29 is 9.53 Å². The van der Waals surface area contributed by atoms with Gasteiger partial charge in [0.05, 0.1) is 19.2 Å². The van der Waals surface area contributed by atoms with Gasteiger partial charge in [-0.2, -0.15) is 0 Å². The highest BCUT2D eigenvalue weighted by molar-refractivity contribution is 5.72. The first kappa shape index (κ1) is 7.65. The van der Waals surface area contributed by atoms with Crippen molar-refractivity contribution in [3.8, 4) is 0 Å². The van der Waals surface area contributed by atoms with Crippen molar-refractivity contribution in [1.29, 1.82) is 0 Å². The summed E-state index contributed by atoms with van der Waals surface area (Å²) in [6.07, 6.45) is 5.13. The van der Waals surface area contributed by atoms with Gasteiger partial charge in [-0.15, -0.1) is 0 Å². The maximum Gasteiger partial charge on any atom is 0.410 e. The molecule has 0 saturated carbocycles. The molecule has 1 saturated heterocycles. The van der Waals surface area contributed by atoms with E-state index in [1.807, 2.05) is 4.90 Å². The summed E-state index contributed by atoms with van der Waals surface area (Å²) in [6.45, 7) is 2.14. The molecular weight excluding hydrogens is 154 g/mol. The molecular formula is C9H13NO2. The number of carbonyl (C=O) groups excluding carboxylic acids is 1. The summed E-state index contributed by atoms with van der Waals surface area (Å²) in [7, 11) is 1.44. The summed E-state index contributed by atoms with van der Waals surface area (Å²) in [5.74, 6) is 0.489. The second-order valence-corrected chi connectivity index (χ2v) is 3.46. The second kappa shape index (κ2) is 2.51. The van der Waals surface area contributed by atoms with Gasteiger partial charge in [0, 0.05) is 0 Å². The van der Waals surface area contributed by atoms with Crippen LogP contribution in [0, 0.1) is 5.92 Å². The molecule has 0 spiro atoms. The zero-order valence-electron chi connectivity index (χ0n) is 7.36. The van der Waals surface area contributed by atoms with Gasteiger partial charge in [-0.3, -0.25) is 4.90 Å². The molecule has 1 aliphatic carbocycles. The SMILES string of the molecule is COC(=O)N1[C@@H]2[C@@H](C)C=CC[C@@H]21. The minimum Gasteiger partial charge on any atom is -0.453 e. The minimum atomic E-state index is -0.180. The molecule has 3 nitrogen and oxygen atoms in total. The molecule has 0 aromatic heterocycles. The third-order valence-corrected chi connectivity index (χ3v) is 2.72. The normalized spacial score (nSPS) is 37.5. The molecule has 0 bridgehead atoms. The number of nitrogens with zero attached hydrogens (tertiary/aromatic N) is 1. The molecule has 0 radical (unpaired) electrons. The lowest BCUT2D eigenvalue weighted by Gasteiger charge is -2.06. The Morgan fingerprint density at radius 1 is 1.67 bits per heavy atom. The number of methoxy groups -OCH3 is 1. The van der Waals surface area contributed by atoms with E-state index in [9.17, 15) is 4.79 Å². The molecule has 0 aromatic carbocycles. The van der Waals surface area contributed by atoms with Gasteiger partial charge in [0.1, 0.15) is 0 Å². The van der Waals surface area contributed by atoms with E-state index in [0.29, 0.717) is 18.0 Å². The molecule has 66 valence electrons. The molecule has 12 heavy (non-hydrogen) atoms. The summed E-state index contributed by atoms with van der Waals surface area (Å²) in [5, 5.41) is 0. The van der Waals surface area contributed by atoms with Crippen LogP contribution in [0.2, 0.25) is 0 Å². The van der Waals surface area contributed by atoms with Gasteiger partial charge in [0.25, 0.3) is 0 Å². The highest BCUT2D eigenvalue weighted by atomic mass is 16.5. The van der Waals surface area contributed by atoms with Crippen molar-refractivity contribution in [2.45, 2.75) is 25.4 Å².